The fourth-order valence-electron chi connectivity index (χ4n) is 4.60. The third-order valence-electron chi connectivity index (χ3n) is 6.75. The molecule has 182 valence electrons. The van der Waals surface area contributed by atoms with Gasteiger partial charge < -0.3 is 25.7 Å². The van der Waals surface area contributed by atoms with E-state index in [1.807, 2.05) is 31.2 Å². The molecule has 0 radical (unpaired) electrons. The molecule has 35 heavy (non-hydrogen) atoms. The SMILES string of the molecule is CC(N)c1ccc(-c2ccc(-c3nc4nc(O[C@H]5CC[C@H](CO)[C@@H](O)C5)[nH]c4cc3Cl)cc2)cc1. The van der Waals surface area contributed by atoms with E-state index in [1.165, 1.54) is 0 Å². The normalized spacial score (nSPS) is 21.2. The van der Waals surface area contributed by atoms with Gasteiger partial charge in [0.2, 0.25) is 0 Å². The van der Waals surface area contributed by atoms with Crippen LogP contribution in [0.1, 0.15) is 37.8 Å². The maximum atomic E-state index is 10.2. The van der Waals surface area contributed by atoms with Crippen molar-refractivity contribution in [3.8, 4) is 28.4 Å². The van der Waals surface area contributed by atoms with Gasteiger partial charge in [-0.05, 0) is 42.5 Å². The topological polar surface area (TPSA) is 117 Å². The Hall–Kier alpha value is -2.97. The first-order valence-electron chi connectivity index (χ1n) is 11.9. The van der Waals surface area contributed by atoms with Gasteiger partial charge in [0.15, 0.2) is 5.65 Å². The Labute approximate surface area is 208 Å². The van der Waals surface area contributed by atoms with Crippen LogP contribution in [0.25, 0.3) is 33.5 Å². The molecule has 1 saturated carbocycles. The fourth-order valence-corrected chi connectivity index (χ4v) is 4.86. The lowest BCUT2D eigenvalue weighted by Crippen LogP contribution is -2.36. The molecular weight excluding hydrogens is 464 g/mol. The number of ether oxygens (including phenoxy) is 1. The Morgan fingerprint density at radius 3 is 2.34 bits per heavy atom. The number of benzene rings is 2. The van der Waals surface area contributed by atoms with Crippen LogP contribution in [0.5, 0.6) is 6.01 Å². The molecule has 4 atom stereocenters. The molecule has 5 N–H and O–H groups in total. The smallest absolute Gasteiger partial charge is 0.296 e. The number of nitrogens with one attached hydrogen (secondary N) is 1. The van der Waals surface area contributed by atoms with Crippen molar-refractivity contribution in [1.82, 2.24) is 15.0 Å². The van der Waals surface area contributed by atoms with Crippen LogP contribution in [-0.4, -0.2) is 44.0 Å². The number of nitrogens with zero attached hydrogens (tertiary/aromatic N) is 2. The van der Waals surface area contributed by atoms with E-state index in [0.29, 0.717) is 40.7 Å². The highest BCUT2D eigenvalue weighted by atomic mass is 35.5. The van der Waals surface area contributed by atoms with Gasteiger partial charge >= 0.3 is 0 Å². The number of H-pyrrole nitrogens is 1. The Balaban J connectivity index is 1.34. The van der Waals surface area contributed by atoms with Crippen LogP contribution in [0.2, 0.25) is 5.02 Å². The number of fused-ring (bicyclic) bond motifs is 1. The van der Waals surface area contributed by atoms with Crippen molar-refractivity contribution in [2.75, 3.05) is 6.61 Å². The summed E-state index contributed by atoms with van der Waals surface area (Å²) in [7, 11) is 0. The molecule has 5 rings (SSSR count). The molecule has 8 heteroatoms. The molecule has 1 unspecified atom stereocenters. The summed E-state index contributed by atoms with van der Waals surface area (Å²) in [5.74, 6) is -0.0889. The molecule has 1 aliphatic rings. The molecule has 2 aromatic heterocycles. The average molecular weight is 493 g/mol. The van der Waals surface area contributed by atoms with E-state index in [2.05, 4.69) is 39.2 Å². The summed E-state index contributed by atoms with van der Waals surface area (Å²) in [6.07, 6.45) is 1.18. The minimum Gasteiger partial charge on any atom is -0.461 e. The first-order valence-corrected chi connectivity index (χ1v) is 12.3. The van der Waals surface area contributed by atoms with E-state index < -0.39 is 6.10 Å². The first kappa shape index (κ1) is 23.8. The van der Waals surface area contributed by atoms with Gasteiger partial charge in [-0.15, -0.1) is 0 Å². The van der Waals surface area contributed by atoms with Gasteiger partial charge in [-0.25, -0.2) is 4.98 Å². The van der Waals surface area contributed by atoms with Crippen LogP contribution in [-0.2, 0) is 0 Å². The van der Waals surface area contributed by atoms with E-state index in [9.17, 15) is 10.2 Å². The molecule has 4 aromatic rings. The number of hydrogen-bond acceptors (Lipinski definition) is 6. The number of rotatable bonds is 6. The van der Waals surface area contributed by atoms with E-state index in [-0.39, 0.29) is 24.7 Å². The largest absolute Gasteiger partial charge is 0.461 e. The van der Waals surface area contributed by atoms with Gasteiger partial charge in [-0.3, -0.25) is 0 Å². The number of halogens is 1. The molecule has 2 heterocycles. The Bertz CT molecular complexity index is 1300. The predicted octanol–water partition coefficient (Wildman–Crippen LogP) is 4.87. The third kappa shape index (κ3) is 5.04. The quantitative estimate of drug-likeness (QED) is 0.305. The van der Waals surface area contributed by atoms with Crippen LogP contribution < -0.4 is 10.5 Å². The standard InChI is InChI=1S/C27H29ClN4O3/c1-15(29)16-2-4-17(5-3-16)18-6-8-19(9-7-18)25-22(28)13-23-26(31-25)32-27(30-23)35-21-11-10-20(14-33)24(34)12-21/h2-9,13,15,20-21,24,33-34H,10-12,14,29H2,1H3,(H,30,31,32)/t15?,20-,21+,24+/m1/s1. The lowest BCUT2D eigenvalue weighted by Gasteiger charge is -2.31. The van der Waals surface area contributed by atoms with Crippen molar-refractivity contribution >= 4 is 22.8 Å². The lowest BCUT2D eigenvalue weighted by molar-refractivity contribution is -0.0113. The van der Waals surface area contributed by atoms with Crippen molar-refractivity contribution in [2.45, 2.75) is 44.4 Å². The van der Waals surface area contributed by atoms with Crippen LogP contribution in [0.15, 0.2) is 54.6 Å². The van der Waals surface area contributed by atoms with Crippen molar-refractivity contribution in [2.24, 2.45) is 11.7 Å². The summed E-state index contributed by atoms with van der Waals surface area (Å²) in [5.41, 5.74) is 12.0. The number of hydrogen-bond donors (Lipinski definition) is 4. The van der Waals surface area contributed by atoms with Gasteiger partial charge in [-0.2, -0.15) is 4.98 Å². The highest BCUT2D eigenvalue weighted by Gasteiger charge is 2.30. The first-order chi connectivity index (χ1) is 16.9. The highest BCUT2D eigenvalue weighted by molar-refractivity contribution is 6.33. The zero-order valence-electron chi connectivity index (χ0n) is 19.5. The van der Waals surface area contributed by atoms with Gasteiger partial charge in [0.1, 0.15) is 6.10 Å². The van der Waals surface area contributed by atoms with Gasteiger partial charge in [0.25, 0.3) is 6.01 Å². The predicted molar refractivity (Wildman–Crippen MR) is 137 cm³/mol. The molecule has 2 aromatic carbocycles. The molecule has 7 nitrogen and oxygen atoms in total. The number of aliphatic hydroxyl groups excluding tert-OH is 2. The second-order valence-electron chi connectivity index (χ2n) is 9.28. The van der Waals surface area contributed by atoms with Crippen LogP contribution in [0.4, 0.5) is 0 Å². The van der Waals surface area contributed by atoms with E-state index >= 15 is 0 Å². The molecule has 0 bridgehead atoms. The van der Waals surface area contributed by atoms with Crippen molar-refractivity contribution < 1.29 is 14.9 Å². The Kier molecular flexibility index (Phi) is 6.75. The maximum absolute atomic E-state index is 10.2. The van der Waals surface area contributed by atoms with Crippen molar-refractivity contribution in [1.29, 1.82) is 0 Å². The Morgan fingerprint density at radius 1 is 1.06 bits per heavy atom. The highest BCUT2D eigenvalue weighted by Crippen LogP contribution is 2.32. The number of aliphatic hydroxyl groups is 2. The second-order valence-corrected chi connectivity index (χ2v) is 9.69. The number of nitrogens with two attached hydrogens (primary N) is 1. The molecular formula is C27H29ClN4O3. The summed E-state index contributed by atoms with van der Waals surface area (Å²) in [4.78, 5) is 12.3. The van der Waals surface area contributed by atoms with Crippen molar-refractivity contribution in [3.63, 3.8) is 0 Å². The summed E-state index contributed by atoms with van der Waals surface area (Å²) >= 11 is 6.57. The molecule has 0 saturated heterocycles. The summed E-state index contributed by atoms with van der Waals surface area (Å²) in [6.45, 7) is 1.96. The second kappa shape index (κ2) is 9.95. The average Bonchev–Trinajstić information content (AvgIpc) is 3.24. The van der Waals surface area contributed by atoms with Gasteiger partial charge in [-0.1, -0.05) is 60.1 Å². The van der Waals surface area contributed by atoms with E-state index in [1.54, 1.807) is 6.07 Å². The van der Waals surface area contributed by atoms with E-state index in [4.69, 9.17) is 22.1 Å². The van der Waals surface area contributed by atoms with Gasteiger partial charge in [0.05, 0.1) is 22.3 Å². The van der Waals surface area contributed by atoms with Crippen LogP contribution in [0, 0.1) is 5.92 Å². The molecule has 1 aliphatic carbocycles. The number of pyridine rings is 1. The minimum absolute atomic E-state index is 0.00938. The summed E-state index contributed by atoms with van der Waals surface area (Å²) in [5, 5.41) is 20.0. The summed E-state index contributed by atoms with van der Waals surface area (Å²) in [6, 6.07) is 18.5. The maximum Gasteiger partial charge on any atom is 0.296 e. The summed E-state index contributed by atoms with van der Waals surface area (Å²) < 4.78 is 5.98. The van der Waals surface area contributed by atoms with Crippen LogP contribution in [0.3, 0.4) is 0 Å². The zero-order valence-corrected chi connectivity index (χ0v) is 20.2. The van der Waals surface area contributed by atoms with E-state index in [0.717, 1.165) is 28.7 Å². The molecule has 0 aliphatic heterocycles. The molecule has 0 amide bonds. The minimum atomic E-state index is -0.576. The van der Waals surface area contributed by atoms with Gasteiger partial charge in [0, 0.05) is 30.6 Å². The fraction of sp³-hybridized carbons (Fsp3) is 0.333. The Morgan fingerprint density at radius 2 is 1.71 bits per heavy atom. The van der Waals surface area contributed by atoms with Crippen molar-refractivity contribution in [3.05, 3.63) is 65.2 Å². The monoisotopic (exact) mass is 492 g/mol. The third-order valence-corrected chi connectivity index (χ3v) is 7.04. The zero-order chi connectivity index (χ0) is 24.5. The molecule has 1 fully saturated rings. The molecule has 0 spiro atoms. The number of aromatic nitrogens is 3. The lowest BCUT2D eigenvalue weighted by atomic mass is 9.85. The van der Waals surface area contributed by atoms with Crippen LogP contribution >= 0.6 is 11.6 Å². The number of aromatic amines is 1. The number of imidazole rings is 1.